The maximum Gasteiger partial charge on any atom is 0.251 e. The molecule has 2 aliphatic rings. The summed E-state index contributed by atoms with van der Waals surface area (Å²) in [7, 11) is 0. The Hall–Kier alpha value is -1.24. The van der Waals surface area contributed by atoms with Crippen LogP contribution in [0.3, 0.4) is 0 Å². The zero-order valence-electron chi connectivity index (χ0n) is 11.3. The van der Waals surface area contributed by atoms with Gasteiger partial charge in [-0.05, 0) is 25.7 Å². The number of likely N-dealkylation sites (tertiary alicyclic amines) is 1. The number of carbonyl (C=O) groups is 2. The molecule has 1 aliphatic carbocycles. The molecule has 2 rings (SSSR count). The van der Waals surface area contributed by atoms with Crippen LogP contribution in [0.15, 0.2) is 0 Å². The van der Waals surface area contributed by atoms with E-state index in [1.165, 1.54) is 4.90 Å². The number of nitrogens with two attached hydrogens (primary N) is 1. The Morgan fingerprint density at radius 2 is 1.80 bits per heavy atom. The Kier molecular flexibility index (Phi) is 4.00. The van der Waals surface area contributed by atoms with Crippen molar-refractivity contribution >= 4 is 11.8 Å². The van der Waals surface area contributed by atoms with Gasteiger partial charge in [0.25, 0.3) is 5.91 Å². The molecule has 0 unspecified atom stereocenters. The molecule has 1 atom stereocenters. The van der Waals surface area contributed by atoms with E-state index in [4.69, 9.17) is 5.73 Å². The third-order valence-corrected chi connectivity index (χ3v) is 4.31. The number of carbonyl (C=O) groups excluding carboxylic acids is 2. The van der Waals surface area contributed by atoms with Gasteiger partial charge in [-0.3, -0.25) is 9.59 Å². The molecular formula is C13H20F2N2O3. The number of halogens is 2. The van der Waals surface area contributed by atoms with E-state index in [0.29, 0.717) is 13.0 Å². The summed E-state index contributed by atoms with van der Waals surface area (Å²) in [5.74, 6) is -4.21. The molecule has 5 nitrogen and oxygen atoms in total. The van der Waals surface area contributed by atoms with Crippen molar-refractivity contribution in [2.75, 3.05) is 13.1 Å². The second-order valence-electron chi connectivity index (χ2n) is 5.89. The molecule has 0 aromatic carbocycles. The van der Waals surface area contributed by atoms with Gasteiger partial charge in [0, 0.05) is 25.3 Å². The maximum atomic E-state index is 13.1. The molecule has 1 saturated heterocycles. The lowest BCUT2D eigenvalue weighted by Crippen LogP contribution is -2.58. The maximum absolute atomic E-state index is 13.1. The lowest BCUT2D eigenvalue weighted by molar-refractivity contribution is -0.153. The third kappa shape index (κ3) is 3.08. The van der Waals surface area contributed by atoms with Gasteiger partial charge in [0.1, 0.15) is 0 Å². The van der Waals surface area contributed by atoms with Crippen LogP contribution in [0.4, 0.5) is 8.78 Å². The van der Waals surface area contributed by atoms with Crippen LogP contribution in [0, 0.1) is 5.92 Å². The second-order valence-corrected chi connectivity index (χ2v) is 5.89. The molecule has 3 N–H and O–H groups in total. The fraction of sp³-hybridized carbons (Fsp3) is 0.846. The molecule has 2 amide bonds. The van der Waals surface area contributed by atoms with E-state index >= 15 is 0 Å². The molecule has 7 heteroatoms. The Balaban J connectivity index is 1.98. The SMILES string of the molecule is NC(=O)[C@@]1(O)CCCN(C(=O)C2CCC(F)(F)CC2)C1. The summed E-state index contributed by atoms with van der Waals surface area (Å²) in [5.41, 5.74) is 3.46. The number of piperidine rings is 1. The minimum atomic E-state index is -2.67. The molecule has 0 spiro atoms. The highest BCUT2D eigenvalue weighted by Gasteiger charge is 2.43. The minimum Gasteiger partial charge on any atom is -0.378 e. The highest BCUT2D eigenvalue weighted by atomic mass is 19.3. The molecule has 1 aliphatic heterocycles. The van der Waals surface area contributed by atoms with Crippen LogP contribution < -0.4 is 5.73 Å². The van der Waals surface area contributed by atoms with E-state index in [0.717, 1.165) is 0 Å². The standard InChI is InChI=1S/C13H20F2N2O3/c14-13(15)5-2-9(3-6-13)10(18)17-7-1-4-12(20,8-17)11(16)19/h9,20H,1-8H2,(H2,16,19)/t12-/m1/s1. The minimum absolute atomic E-state index is 0.131. The van der Waals surface area contributed by atoms with Crippen LogP contribution in [0.5, 0.6) is 0 Å². The smallest absolute Gasteiger partial charge is 0.251 e. The number of nitrogens with zero attached hydrogens (tertiary/aromatic N) is 1. The molecule has 0 bridgehead atoms. The topological polar surface area (TPSA) is 83.6 Å². The largest absolute Gasteiger partial charge is 0.378 e. The zero-order valence-corrected chi connectivity index (χ0v) is 11.3. The number of alkyl halides is 2. The van der Waals surface area contributed by atoms with E-state index < -0.39 is 23.3 Å². The van der Waals surface area contributed by atoms with Crippen LogP contribution in [-0.2, 0) is 9.59 Å². The summed E-state index contributed by atoms with van der Waals surface area (Å²) in [6, 6.07) is 0. The van der Waals surface area contributed by atoms with Crippen molar-refractivity contribution in [2.24, 2.45) is 11.7 Å². The predicted octanol–water partition coefficient (Wildman–Crippen LogP) is 0.651. The molecule has 114 valence electrons. The van der Waals surface area contributed by atoms with E-state index in [9.17, 15) is 23.5 Å². The number of amides is 2. The van der Waals surface area contributed by atoms with Gasteiger partial charge in [-0.25, -0.2) is 8.78 Å². The number of β-amino-alcohol motifs (C(OH)–C–C–N with tert-alkyl or cyclic N) is 1. The monoisotopic (exact) mass is 290 g/mol. The summed E-state index contributed by atoms with van der Waals surface area (Å²) in [5, 5.41) is 10.1. The zero-order chi connectivity index (χ0) is 15.0. The van der Waals surface area contributed by atoms with Crippen molar-refractivity contribution in [3.8, 4) is 0 Å². The average molecular weight is 290 g/mol. The first-order chi connectivity index (χ1) is 9.23. The van der Waals surface area contributed by atoms with Crippen LogP contribution in [0.25, 0.3) is 0 Å². The second kappa shape index (κ2) is 5.27. The van der Waals surface area contributed by atoms with Gasteiger partial charge >= 0.3 is 0 Å². The van der Waals surface area contributed by atoms with Gasteiger partial charge in [0.2, 0.25) is 11.8 Å². The van der Waals surface area contributed by atoms with Crippen LogP contribution in [0.1, 0.15) is 38.5 Å². The lowest BCUT2D eigenvalue weighted by Gasteiger charge is -2.39. The molecule has 20 heavy (non-hydrogen) atoms. The quantitative estimate of drug-likeness (QED) is 0.783. The van der Waals surface area contributed by atoms with Gasteiger partial charge in [0.15, 0.2) is 5.60 Å². The first-order valence-electron chi connectivity index (χ1n) is 6.92. The van der Waals surface area contributed by atoms with Crippen molar-refractivity contribution in [3.63, 3.8) is 0 Å². The van der Waals surface area contributed by atoms with Crippen molar-refractivity contribution < 1.29 is 23.5 Å². The summed E-state index contributed by atoms with van der Waals surface area (Å²) in [6.45, 7) is 0.301. The van der Waals surface area contributed by atoms with Crippen molar-refractivity contribution in [1.82, 2.24) is 4.90 Å². The molecule has 1 saturated carbocycles. The number of primary amides is 1. The Bertz CT molecular complexity index is 406. The highest BCUT2D eigenvalue weighted by Crippen LogP contribution is 2.37. The number of rotatable bonds is 2. The fourth-order valence-corrected chi connectivity index (χ4v) is 2.97. The van der Waals surface area contributed by atoms with Crippen molar-refractivity contribution in [3.05, 3.63) is 0 Å². The molecular weight excluding hydrogens is 270 g/mol. The van der Waals surface area contributed by atoms with Gasteiger partial charge in [0.05, 0.1) is 6.54 Å². The van der Waals surface area contributed by atoms with Crippen molar-refractivity contribution in [2.45, 2.75) is 50.0 Å². The van der Waals surface area contributed by atoms with E-state index in [-0.39, 0.29) is 44.6 Å². The fourth-order valence-electron chi connectivity index (χ4n) is 2.97. The third-order valence-electron chi connectivity index (χ3n) is 4.31. The molecule has 1 heterocycles. The van der Waals surface area contributed by atoms with E-state index in [2.05, 4.69) is 0 Å². The Morgan fingerprint density at radius 3 is 2.35 bits per heavy atom. The summed E-state index contributed by atoms with van der Waals surface area (Å²) in [6.07, 6.45) is 0.451. The van der Waals surface area contributed by atoms with Crippen molar-refractivity contribution in [1.29, 1.82) is 0 Å². The Morgan fingerprint density at radius 1 is 1.20 bits per heavy atom. The average Bonchev–Trinajstić information content (AvgIpc) is 2.38. The van der Waals surface area contributed by atoms with E-state index in [1.807, 2.05) is 0 Å². The van der Waals surface area contributed by atoms with Gasteiger partial charge in [-0.15, -0.1) is 0 Å². The Labute approximate surface area is 116 Å². The highest BCUT2D eigenvalue weighted by molar-refractivity contribution is 5.85. The predicted molar refractivity (Wildman–Crippen MR) is 66.9 cm³/mol. The summed E-state index contributed by atoms with van der Waals surface area (Å²) < 4.78 is 26.2. The molecule has 0 aromatic rings. The summed E-state index contributed by atoms with van der Waals surface area (Å²) >= 11 is 0. The van der Waals surface area contributed by atoms with Crippen LogP contribution in [-0.4, -0.2) is 46.4 Å². The summed E-state index contributed by atoms with van der Waals surface area (Å²) in [4.78, 5) is 24.9. The molecule has 2 fully saturated rings. The van der Waals surface area contributed by atoms with E-state index in [1.54, 1.807) is 0 Å². The van der Waals surface area contributed by atoms with Gasteiger partial charge < -0.3 is 15.7 Å². The molecule has 0 aromatic heterocycles. The normalized spacial score (nSPS) is 31.1. The van der Waals surface area contributed by atoms with Gasteiger partial charge in [-0.1, -0.05) is 0 Å². The number of hydrogen-bond donors (Lipinski definition) is 2. The first-order valence-corrected chi connectivity index (χ1v) is 6.92. The van der Waals surface area contributed by atoms with Crippen LogP contribution >= 0.6 is 0 Å². The molecule has 0 radical (unpaired) electrons. The first kappa shape index (κ1) is 15.2. The lowest BCUT2D eigenvalue weighted by atomic mass is 9.84. The number of hydrogen-bond acceptors (Lipinski definition) is 3. The van der Waals surface area contributed by atoms with Gasteiger partial charge in [-0.2, -0.15) is 0 Å². The van der Waals surface area contributed by atoms with Crippen LogP contribution in [0.2, 0.25) is 0 Å². The number of aliphatic hydroxyl groups is 1.